The second kappa shape index (κ2) is 16.6. The Morgan fingerprint density at radius 2 is 1.41 bits per heavy atom. The van der Waals surface area contributed by atoms with Crippen LogP contribution in [0.25, 0.3) is 0 Å². The number of allylic oxidation sites excluding steroid dienone is 1. The van der Waals surface area contributed by atoms with Gasteiger partial charge in [-0.15, -0.1) is 0 Å². The number of carbonyl (C=O) groups is 1. The summed E-state index contributed by atoms with van der Waals surface area (Å²) in [5.74, 6) is -0.0628. The summed E-state index contributed by atoms with van der Waals surface area (Å²) in [5.41, 5.74) is 1.29. The highest BCUT2D eigenvalue weighted by Gasteiger charge is 2.06. The lowest BCUT2D eigenvalue weighted by molar-refractivity contribution is -0.142. The van der Waals surface area contributed by atoms with Gasteiger partial charge in [-0.05, 0) is 32.6 Å². The number of carbonyl (C=O) groups excluding carboxylic acids is 1. The molecule has 0 aliphatic heterocycles. The van der Waals surface area contributed by atoms with Crippen LogP contribution in [0, 0.1) is 0 Å². The quantitative estimate of drug-likeness (QED) is 0.194. The molecule has 22 heavy (non-hydrogen) atoms. The average Bonchev–Trinajstić information content (AvgIpc) is 2.50. The SMILES string of the molecule is CCCCCCCC/C=C(\CCCCCC)CC(=O)OCC. The fourth-order valence-electron chi connectivity index (χ4n) is 2.67. The normalized spacial score (nSPS) is 11.7. The van der Waals surface area contributed by atoms with Gasteiger partial charge >= 0.3 is 5.97 Å². The Balaban J connectivity index is 4.02. The molecule has 0 saturated carbocycles. The molecule has 0 aliphatic carbocycles. The minimum Gasteiger partial charge on any atom is -0.466 e. The van der Waals surface area contributed by atoms with E-state index in [2.05, 4.69) is 19.9 Å². The Labute approximate surface area is 138 Å². The second-order valence-electron chi connectivity index (χ2n) is 6.21. The summed E-state index contributed by atoms with van der Waals surface area (Å²) >= 11 is 0. The first-order valence-electron chi connectivity index (χ1n) is 9.58. The van der Waals surface area contributed by atoms with Gasteiger partial charge < -0.3 is 4.74 Å². The maximum Gasteiger partial charge on any atom is 0.309 e. The number of hydrogen-bond donors (Lipinski definition) is 0. The van der Waals surface area contributed by atoms with Crippen molar-refractivity contribution in [3.8, 4) is 0 Å². The predicted octanol–water partition coefficient (Wildman–Crippen LogP) is 6.59. The molecule has 0 radical (unpaired) electrons. The molecule has 0 atom stereocenters. The third kappa shape index (κ3) is 14.2. The number of ether oxygens (including phenoxy) is 1. The van der Waals surface area contributed by atoms with Crippen molar-refractivity contribution in [3.05, 3.63) is 11.6 Å². The van der Waals surface area contributed by atoms with Crippen LogP contribution in [0.1, 0.15) is 104 Å². The van der Waals surface area contributed by atoms with Gasteiger partial charge in [-0.3, -0.25) is 4.79 Å². The van der Waals surface area contributed by atoms with Crippen LogP contribution in [0.5, 0.6) is 0 Å². The number of rotatable bonds is 15. The molecule has 0 aromatic rings. The smallest absolute Gasteiger partial charge is 0.309 e. The van der Waals surface area contributed by atoms with E-state index in [4.69, 9.17) is 4.74 Å². The van der Waals surface area contributed by atoms with Crippen molar-refractivity contribution in [1.29, 1.82) is 0 Å². The highest BCUT2D eigenvalue weighted by atomic mass is 16.5. The molecule has 0 saturated heterocycles. The van der Waals surface area contributed by atoms with E-state index in [-0.39, 0.29) is 5.97 Å². The molecule has 0 amide bonds. The molecule has 0 unspecified atom stereocenters. The first-order chi connectivity index (χ1) is 10.7. The van der Waals surface area contributed by atoms with Crippen LogP contribution < -0.4 is 0 Å². The Hall–Kier alpha value is -0.790. The third-order valence-corrected chi connectivity index (χ3v) is 4.02. The van der Waals surface area contributed by atoms with Gasteiger partial charge in [-0.2, -0.15) is 0 Å². The first-order valence-corrected chi connectivity index (χ1v) is 9.58. The van der Waals surface area contributed by atoms with Gasteiger partial charge in [0, 0.05) is 0 Å². The Morgan fingerprint density at radius 1 is 0.818 bits per heavy atom. The van der Waals surface area contributed by atoms with E-state index in [0.29, 0.717) is 13.0 Å². The summed E-state index contributed by atoms with van der Waals surface area (Å²) < 4.78 is 5.09. The van der Waals surface area contributed by atoms with E-state index in [9.17, 15) is 4.79 Å². The minimum absolute atomic E-state index is 0.0628. The highest BCUT2D eigenvalue weighted by molar-refractivity contribution is 5.72. The second-order valence-corrected chi connectivity index (χ2v) is 6.21. The van der Waals surface area contributed by atoms with Gasteiger partial charge in [0.15, 0.2) is 0 Å². The summed E-state index contributed by atoms with van der Waals surface area (Å²) in [5, 5.41) is 0. The van der Waals surface area contributed by atoms with E-state index in [0.717, 1.165) is 12.8 Å². The zero-order chi connectivity index (χ0) is 16.5. The Morgan fingerprint density at radius 3 is 2.05 bits per heavy atom. The summed E-state index contributed by atoms with van der Waals surface area (Å²) in [6.07, 6.45) is 18.0. The van der Waals surface area contributed by atoms with Crippen molar-refractivity contribution in [2.24, 2.45) is 0 Å². The van der Waals surface area contributed by atoms with Crippen molar-refractivity contribution in [2.45, 2.75) is 104 Å². The standard InChI is InChI=1S/C20H38O2/c1-4-7-9-11-12-13-15-17-19(16-14-10-8-5-2)18-20(21)22-6-3/h17H,4-16,18H2,1-3H3/b19-17+. The summed E-state index contributed by atoms with van der Waals surface area (Å²) in [6.45, 7) is 6.84. The van der Waals surface area contributed by atoms with Crippen LogP contribution in [-0.2, 0) is 9.53 Å². The maximum atomic E-state index is 11.7. The first kappa shape index (κ1) is 21.2. The summed E-state index contributed by atoms with van der Waals surface area (Å²) in [4.78, 5) is 11.7. The zero-order valence-electron chi connectivity index (χ0n) is 15.3. The number of hydrogen-bond acceptors (Lipinski definition) is 2. The molecule has 0 spiro atoms. The number of unbranched alkanes of at least 4 members (excludes halogenated alkanes) is 9. The minimum atomic E-state index is -0.0628. The molecule has 2 heteroatoms. The molecule has 0 N–H and O–H groups in total. The van der Waals surface area contributed by atoms with Gasteiger partial charge in [0.1, 0.15) is 0 Å². The van der Waals surface area contributed by atoms with E-state index >= 15 is 0 Å². The van der Waals surface area contributed by atoms with Crippen molar-refractivity contribution < 1.29 is 9.53 Å². The van der Waals surface area contributed by atoms with E-state index < -0.39 is 0 Å². The Bertz CT molecular complexity index is 281. The molecule has 0 bridgehead atoms. The van der Waals surface area contributed by atoms with Gasteiger partial charge in [0.25, 0.3) is 0 Å². The lowest BCUT2D eigenvalue weighted by Crippen LogP contribution is -2.05. The molecule has 130 valence electrons. The van der Waals surface area contributed by atoms with Crippen LogP contribution in [0.4, 0.5) is 0 Å². The molecule has 0 aromatic carbocycles. The molecule has 0 heterocycles. The van der Waals surface area contributed by atoms with Gasteiger partial charge in [0.2, 0.25) is 0 Å². The van der Waals surface area contributed by atoms with Crippen LogP contribution in [-0.4, -0.2) is 12.6 Å². The van der Waals surface area contributed by atoms with Crippen LogP contribution >= 0.6 is 0 Å². The zero-order valence-corrected chi connectivity index (χ0v) is 15.3. The lowest BCUT2D eigenvalue weighted by atomic mass is 10.0. The van der Waals surface area contributed by atoms with Crippen molar-refractivity contribution >= 4 is 5.97 Å². The topological polar surface area (TPSA) is 26.3 Å². The van der Waals surface area contributed by atoms with Crippen molar-refractivity contribution in [3.63, 3.8) is 0 Å². The lowest BCUT2D eigenvalue weighted by Gasteiger charge is -2.08. The van der Waals surface area contributed by atoms with E-state index in [1.54, 1.807) is 0 Å². The molecule has 0 rings (SSSR count). The van der Waals surface area contributed by atoms with Gasteiger partial charge in [0.05, 0.1) is 13.0 Å². The molecule has 0 aromatic heterocycles. The largest absolute Gasteiger partial charge is 0.466 e. The van der Waals surface area contributed by atoms with Crippen LogP contribution in [0.15, 0.2) is 11.6 Å². The molecule has 0 aliphatic rings. The molecule has 2 nitrogen and oxygen atoms in total. The van der Waals surface area contributed by atoms with Crippen molar-refractivity contribution in [2.75, 3.05) is 6.61 Å². The third-order valence-electron chi connectivity index (χ3n) is 4.02. The van der Waals surface area contributed by atoms with Crippen molar-refractivity contribution in [1.82, 2.24) is 0 Å². The summed E-state index contributed by atoms with van der Waals surface area (Å²) in [6, 6.07) is 0. The molecule has 0 fully saturated rings. The number of esters is 1. The molecular weight excluding hydrogens is 272 g/mol. The van der Waals surface area contributed by atoms with Crippen LogP contribution in [0.2, 0.25) is 0 Å². The van der Waals surface area contributed by atoms with E-state index in [1.165, 1.54) is 69.8 Å². The maximum absolute atomic E-state index is 11.7. The monoisotopic (exact) mass is 310 g/mol. The molecular formula is C20H38O2. The van der Waals surface area contributed by atoms with Gasteiger partial charge in [-0.1, -0.05) is 76.9 Å². The van der Waals surface area contributed by atoms with Gasteiger partial charge in [-0.25, -0.2) is 0 Å². The Kier molecular flexibility index (Phi) is 16.0. The average molecular weight is 311 g/mol. The fraction of sp³-hybridized carbons (Fsp3) is 0.850. The summed E-state index contributed by atoms with van der Waals surface area (Å²) in [7, 11) is 0. The predicted molar refractivity (Wildman–Crippen MR) is 96.1 cm³/mol. The highest BCUT2D eigenvalue weighted by Crippen LogP contribution is 2.17. The fourth-order valence-corrected chi connectivity index (χ4v) is 2.67. The van der Waals surface area contributed by atoms with Crippen LogP contribution in [0.3, 0.4) is 0 Å². The van der Waals surface area contributed by atoms with E-state index in [1.807, 2.05) is 6.92 Å².